The first-order chi connectivity index (χ1) is 17.1. The third-order valence-electron chi connectivity index (χ3n) is 10.4. The number of carbonyl (C=O) groups excluding carboxylic acids is 2. The molecule has 1 aliphatic heterocycles. The van der Waals surface area contributed by atoms with Crippen molar-refractivity contribution in [1.29, 1.82) is 0 Å². The van der Waals surface area contributed by atoms with Crippen molar-refractivity contribution in [2.45, 2.75) is 91.2 Å². The van der Waals surface area contributed by atoms with Gasteiger partial charge in [-0.2, -0.15) is 0 Å². The third-order valence-corrected chi connectivity index (χ3v) is 10.4. The van der Waals surface area contributed by atoms with Crippen LogP contribution in [0.5, 0.6) is 0 Å². The van der Waals surface area contributed by atoms with Crippen molar-refractivity contribution in [2.24, 2.45) is 34.5 Å². The summed E-state index contributed by atoms with van der Waals surface area (Å²) in [6.45, 7) is 5.83. The van der Waals surface area contributed by atoms with Gasteiger partial charge in [0.25, 0.3) is 0 Å². The Bertz CT molecular complexity index is 1160. The van der Waals surface area contributed by atoms with Crippen molar-refractivity contribution in [2.75, 3.05) is 0 Å². The summed E-state index contributed by atoms with van der Waals surface area (Å²) < 4.78 is 23.6. The molecular weight excluding hydrogens is 424 g/mol. The molecule has 0 spiro atoms. The van der Waals surface area contributed by atoms with Crippen LogP contribution in [0.15, 0.2) is 23.9 Å². The van der Waals surface area contributed by atoms with Crippen LogP contribution in [-0.4, -0.2) is 27.4 Å². The van der Waals surface area contributed by atoms with Gasteiger partial charge in [0, 0.05) is 26.4 Å². The highest BCUT2D eigenvalue weighted by molar-refractivity contribution is 5.87. The molecule has 2 heterocycles. The fraction of sp³-hybridized carbons (Fsp3) is 0.690. The number of fused-ring (bicyclic) bond motifs is 6. The van der Waals surface area contributed by atoms with E-state index in [9.17, 15) is 9.59 Å². The highest BCUT2D eigenvalue weighted by atomic mass is 16.5. The molecule has 9 atom stereocenters. The SMILES string of the molecule is [2H]C1C=Cc2nc(C(=O)O[C@H]3CC[C@@]4(C)C(=CC[C@H]5[C@@H]6CC[C@H](C(C)=O)[C@@]6(C)CC[C@@H]54)C3)cn2C1[2H]. The van der Waals surface area contributed by atoms with Gasteiger partial charge < -0.3 is 9.30 Å². The number of hydrogen-bond acceptors (Lipinski definition) is 4. The molecular formula is C29H38N2O3. The Morgan fingerprint density at radius 3 is 2.85 bits per heavy atom. The van der Waals surface area contributed by atoms with Gasteiger partial charge in [-0.15, -0.1) is 0 Å². The summed E-state index contributed by atoms with van der Waals surface area (Å²) in [7, 11) is 0. The van der Waals surface area contributed by atoms with E-state index in [1.165, 1.54) is 18.4 Å². The molecule has 1 aromatic rings. The van der Waals surface area contributed by atoms with Crippen molar-refractivity contribution in [3.63, 3.8) is 0 Å². The van der Waals surface area contributed by atoms with Crippen LogP contribution in [0.2, 0.25) is 0 Å². The Labute approximate surface area is 205 Å². The Morgan fingerprint density at radius 2 is 2.03 bits per heavy atom. The van der Waals surface area contributed by atoms with E-state index >= 15 is 0 Å². The minimum absolute atomic E-state index is 0.152. The van der Waals surface area contributed by atoms with E-state index in [1.54, 1.807) is 29.8 Å². The molecule has 0 aromatic carbocycles. The maximum atomic E-state index is 13.0. The van der Waals surface area contributed by atoms with E-state index in [0.717, 1.165) is 38.5 Å². The van der Waals surface area contributed by atoms with Crippen molar-refractivity contribution < 1.29 is 17.1 Å². The topological polar surface area (TPSA) is 61.2 Å². The maximum Gasteiger partial charge on any atom is 0.358 e. The first-order valence-electron chi connectivity index (χ1n) is 14.3. The van der Waals surface area contributed by atoms with E-state index in [-0.39, 0.29) is 28.5 Å². The van der Waals surface area contributed by atoms with Crippen molar-refractivity contribution in [3.05, 3.63) is 35.4 Å². The monoisotopic (exact) mass is 464 g/mol. The zero-order valence-corrected chi connectivity index (χ0v) is 20.6. The summed E-state index contributed by atoms with van der Waals surface area (Å²) in [5.74, 6) is 2.66. The maximum absolute atomic E-state index is 13.0. The van der Waals surface area contributed by atoms with E-state index < -0.39 is 18.9 Å². The number of hydrogen-bond donors (Lipinski definition) is 0. The number of ketones is 1. The van der Waals surface area contributed by atoms with Gasteiger partial charge in [0.15, 0.2) is 5.69 Å². The van der Waals surface area contributed by atoms with Gasteiger partial charge in [0.2, 0.25) is 0 Å². The number of imidazole rings is 1. The Balaban J connectivity index is 1.16. The molecule has 1 aromatic heterocycles. The molecule has 0 saturated heterocycles. The fourth-order valence-electron chi connectivity index (χ4n) is 8.64. The highest BCUT2D eigenvalue weighted by Gasteiger charge is 2.59. The van der Waals surface area contributed by atoms with Gasteiger partial charge in [-0.05, 0) is 92.9 Å². The lowest BCUT2D eigenvalue weighted by molar-refractivity contribution is -0.127. The summed E-state index contributed by atoms with van der Waals surface area (Å²) in [5.41, 5.74) is 1.99. The van der Waals surface area contributed by atoms with E-state index in [1.807, 2.05) is 0 Å². The number of Topliss-reactive ketones (excluding diaryl/α,β-unsaturated/α-hetero) is 1. The zero-order chi connectivity index (χ0) is 25.4. The van der Waals surface area contributed by atoms with Crippen LogP contribution in [-0.2, 0) is 16.1 Å². The summed E-state index contributed by atoms with van der Waals surface area (Å²) in [6, 6.07) is 0. The standard InChI is InChI=1S/C29H38N2O3/c1-18(32)22-9-10-23-21-8-7-19-16-20(11-13-28(19,2)24(21)12-14-29(22,23)3)34-27(33)25-17-31-15-5-4-6-26(31)30-25/h4,6-7,17,20-24H,5,8-16H2,1-3H3/t20-,21-,22+,23-,24-,28-,29+/m0/s1/i5D,15D/t5?,15?,20-,21-,22+,23-,24-,28-,29+. The number of nitrogens with zero attached hydrogens (tertiary/aromatic N) is 2. The first kappa shape index (κ1) is 20.1. The summed E-state index contributed by atoms with van der Waals surface area (Å²) in [4.78, 5) is 29.7. The lowest BCUT2D eigenvalue weighted by atomic mass is 9.47. The molecule has 6 rings (SSSR count). The van der Waals surface area contributed by atoms with Gasteiger partial charge in [-0.25, -0.2) is 9.78 Å². The van der Waals surface area contributed by atoms with Gasteiger partial charge in [-0.3, -0.25) is 4.79 Å². The fourth-order valence-corrected chi connectivity index (χ4v) is 8.64. The van der Waals surface area contributed by atoms with Gasteiger partial charge in [0.05, 0.1) is 1.37 Å². The molecule has 5 heteroatoms. The molecule has 3 saturated carbocycles. The van der Waals surface area contributed by atoms with Crippen LogP contribution in [0.3, 0.4) is 0 Å². The van der Waals surface area contributed by atoms with Gasteiger partial charge in [0.1, 0.15) is 17.7 Å². The van der Waals surface area contributed by atoms with E-state index in [4.69, 9.17) is 7.48 Å². The number of carbonyl (C=O) groups is 2. The number of allylic oxidation sites excluding steroid dienone is 2. The van der Waals surface area contributed by atoms with Crippen LogP contribution in [0.1, 0.15) is 97.6 Å². The molecule has 34 heavy (non-hydrogen) atoms. The van der Waals surface area contributed by atoms with Crippen LogP contribution in [0.25, 0.3) is 6.08 Å². The highest BCUT2D eigenvalue weighted by Crippen LogP contribution is 2.66. The molecule has 0 radical (unpaired) electrons. The number of esters is 1. The lowest BCUT2D eigenvalue weighted by Crippen LogP contribution is -2.51. The number of aromatic nitrogens is 2. The van der Waals surface area contributed by atoms with Crippen LogP contribution in [0.4, 0.5) is 0 Å². The molecule has 5 nitrogen and oxygen atoms in total. The largest absolute Gasteiger partial charge is 0.457 e. The minimum atomic E-state index is -0.794. The number of aryl methyl sites for hydroxylation is 1. The normalized spacial score (nSPS) is 45.6. The molecule has 4 aliphatic carbocycles. The summed E-state index contributed by atoms with van der Waals surface area (Å²) >= 11 is 0. The molecule has 182 valence electrons. The average Bonchev–Trinajstić information content (AvgIpc) is 3.43. The average molecular weight is 465 g/mol. The molecule has 0 amide bonds. The third kappa shape index (κ3) is 3.29. The molecule has 2 unspecified atom stereocenters. The Kier molecular flexibility index (Phi) is 4.68. The molecule has 0 N–H and O–H groups in total. The van der Waals surface area contributed by atoms with Gasteiger partial charge >= 0.3 is 5.97 Å². The predicted molar refractivity (Wildman–Crippen MR) is 131 cm³/mol. The summed E-state index contributed by atoms with van der Waals surface area (Å²) in [5, 5.41) is 0. The van der Waals surface area contributed by atoms with Crippen LogP contribution in [0, 0.1) is 34.5 Å². The minimum Gasteiger partial charge on any atom is -0.457 e. The Morgan fingerprint density at radius 1 is 1.18 bits per heavy atom. The first-order valence-corrected chi connectivity index (χ1v) is 13.1. The predicted octanol–water partition coefficient (Wildman–Crippen LogP) is 5.99. The Hall–Kier alpha value is -2.17. The smallest absolute Gasteiger partial charge is 0.358 e. The van der Waals surface area contributed by atoms with Crippen molar-refractivity contribution >= 4 is 17.8 Å². The second kappa shape index (κ2) is 7.93. The van der Waals surface area contributed by atoms with Crippen molar-refractivity contribution in [1.82, 2.24) is 9.55 Å². The molecule has 0 bridgehead atoms. The van der Waals surface area contributed by atoms with Crippen molar-refractivity contribution in [3.8, 4) is 0 Å². The van der Waals surface area contributed by atoms with Crippen LogP contribution < -0.4 is 0 Å². The number of rotatable bonds is 3. The van der Waals surface area contributed by atoms with Gasteiger partial charge in [-0.1, -0.05) is 31.6 Å². The second-order valence-electron chi connectivity index (χ2n) is 11.9. The molecule has 3 fully saturated rings. The second-order valence-corrected chi connectivity index (χ2v) is 11.9. The summed E-state index contributed by atoms with van der Waals surface area (Å²) in [6.07, 6.45) is 14.9. The molecule has 5 aliphatic rings. The number of ether oxygens (including phenoxy) is 1. The lowest BCUT2D eigenvalue weighted by Gasteiger charge is -2.58. The quantitative estimate of drug-likeness (QED) is 0.407. The van der Waals surface area contributed by atoms with E-state index in [0.29, 0.717) is 29.4 Å². The van der Waals surface area contributed by atoms with E-state index in [2.05, 4.69) is 24.9 Å². The zero-order valence-electron chi connectivity index (χ0n) is 22.6. The van der Waals surface area contributed by atoms with Crippen LogP contribution >= 0.6 is 0 Å².